The number of likely N-dealkylation sites (N-methyl/N-ethyl adjacent to an activating group) is 1. The fraction of sp³-hybridized carbons (Fsp3) is 0.522. The Kier molecular flexibility index (Phi) is 7.33. The van der Waals surface area contributed by atoms with Gasteiger partial charge in [0.2, 0.25) is 17.7 Å². The predicted octanol–water partition coefficient (Wildman–Crippen LogP) is 1.23. The van der Waals surface area contributed by atoms with E-state index in [9.17, 15) is 14.4 Å². The van der Waals surface area contributed by atoms with Gasteiger partial charge in [-0.25, -0.2) is 0 Å². The van der Waals surface area contributed by atoms with Crippen LogP contribution in [0.5, 0.6) is 5.75 Å². The van der Waals surface area contributed by atoms with E-state index in [2.05, 4.69) is 10.6 Å². The number of benzene rings is 1. The van der Waals surface area contributed by atoms with Crippen LogP contribution >= 0.6 is 0 Å². The highest BCUT2D eigenvalue weighted by Gasteiger charge is 2.44. The molecule has 3 heterocycles. The lowest BCUT2D eigenvalue weighted by Gasteiger charge is -2.31. The minimum Gasteiger partial charge on any atom is -0.488 e. The number of amides is 3. The molecular formula is C23H32N4O4. The summed E-state index contributed by atoms with van der Waals surface area (Å²) >= 11 is 0. The van der Waals surface area contributed by atoms with Crippen LogP contribution in [0.2, 0.25) is 0 Å². The number of nitrogens with one attached hydrogen (secondary N) is 2. The maximum absolute atomic E-state index is 13.4. The van der Waals surface area contributed by atoms with E-state index in [1.807, 2.05) is 52.2 Å². The molecular weight excluding hydrogens is 396 g/mol. The first kappa shape index (κ1) is 22.8. The van der Waals surface area contributed by atoms with Gasteiger partial charge >= 0.3 is 0 Å². The first-order chi connectivity index (χ1) is 14.8. The molecule has 168 valence electrons. The van der Waals surface area contributed by atoms with Gasteiger partial charge in [0.05, 0.1) is 6.54 Å². The molecule has 0 spiro atoms. The number of rotatable bonds is 4. The van der Waals surface area contributed by atoms with E-state index in [0.29, 0.717) is 18.7 Å². The molecule has 0 aliphatic carbocycles. The molecule has 1 fully saturated rings. The molecule has 8 heteroatoms. The van der Waals surface area contributed by atoms with Crippen LogP contribution in [0, 0.1) is 5.92 Å². The molecule has 1 unspecified atom stereocenters. The summed E-state index contributed by atoms with van der Waals surface area (Å²) in [5.41, 5.74) is 0.916. The molecule has 0 saturated carbocycles. The molecule has 0 aromatic heterocycles. The number of carbonyl (C=O) groups excluding carboxylic acids is 3. The van der Waals surface area contributed by atoms with Crippen molar-refractivity contribution in [1.82, 2.24) is 20.4 Å². The number of fused-ring (bicyclic) bond motifs is 7. The molecule has 8 nitrogen and oxygen atoms in total. The lowest BCUT2D eigenvalue weighted by Crippen LogP contribution is -2.58. The summed E-state index contributed by atoms with van der Waals surface area (Å²) in [5.74, 6) is -0.223. The van der Waals surface area contributed by atoms with Gasteiger partial charge in [-0.05, 0) is 43.8 Å². The van der Waals surface area contributed by atoms with E-state index in [1.54, 1.807) is 22.1 Å². The average Bonchev–Trinajstić information content (AvgIpc) is 3.15. The number of hydrogen-bond donors (Lipinski definition) is 2. The first-order valence-corrected chi connectivity index (χ1v) is 10.8. The van der Waals surface area contributed by atoms with Crippen molar-refractivity contribution in [3.05, 3.63) is 36.0 Å². The van der Waals surface area contributed by atoms with Crippen LogP contribution < -0.4 is 15.4 Å². The number of hydrogen-bond acceptors (Lipinski definition) is 5. The largest absolute Gasteiger partial charge is 0.488 e. The lowest BCUT2D eigenvalue weighted by molar-refractivity contribution is -0.142. The highest BCUT2D eigenvalue weighted by Crippen LogP contribution is 2.26. The monoisotopic (exact) mass is 428 g/mol. The Morgan fingerprint density at radius 3 is 2.58 bits per heavy atom. The normalized spacial score (nSPS) is 25.8. The molecule has 4 rings (SSSR count). The first-order valence-electron chi connectivity index (χ1n) is 10.8. The SMILES string of the molecule is CCC(C)[C@@H]1NC(=O)[C@@H]2[C@H](CCN2C(=O)CN(C)C)Oc2ccc(cc2)/C=C/NC1=O. The highest BCUT2D eigenvalue weighted by atomic mass is 16.5. The van der Waals surface area contributed by atoms with Gasteiger partial charge in [-0.3, -0.25) is 14.4 Å². The Morgan fingerprint density at radius 2 is 1.94 bits per heavy atom. The lowest BCUT2D eigenvalue weighted by atomic mass is 9.97. The smallest absolute Gasteiger partial charge is 0.247 e. The van der Waals surface area contributed by atoms with E-state index in [-0.39, 0.29) is 30.2 Å². The summed E-state index contributed by atoms with van der Waals surface area (Å²) in [6.45, 7) is 4.52. The molecule has 3 aliphatic heterocycles. The molecule has 1 aromatic carbocycles. The van der Waals surface area contributed by atoms with Crippen LogP contribution in [-0.2, 0) is 14.4 Å². The third-order valence-electron chi connectivity index (χ3n) is 5.85. The zero-order chi connectivity index (χ0) is 22.5. The zero-order valence-corrected chi connectivity index (χ0v) is 18.6. The van der Waals surface area contributed by atoms with Crippen LogP contribution in [0.1, 0.15) is 32.3 Å². The average molecular weight is 429 g/mol. The Balaban J connectivity index is 1.96. The maximum Gasteiger partial charge on any atom is 0.247 e. The van der Waals surface area contributed by atoms with Crippen LogP contribution in [0.15, 0.2) is 30.5 Å². The fourth-order valence-electron chi connectivity index (χ4n) is 3.92. The summed E-state index contributed by atoms with van der Waals surface area (Å²) < 4.78 is 6.15. The number of ether oxygens (including phenoxy) is 1. The fourth-order valence-corrected chi connectivity index (χ4v) is 3.92. The van der Waals surface area contributed by atoms with Gasteiger partial charge in [0.15, 0.2) is 0 Å². The number of carbonyl (C=O) groups is 3. The molecule has 2 bridgehead atoms. The zero-order valence-electron chi connectivity index (χ0n) is 18.6. The Labute approximate surface area is 183 Å². The molecule has 3 aliphatic rings. The Hall–Kier alpha value is -2.87. The minimum atomic E-state index is -0.801. The quantitative estimate of drug-likeness (QED) is 0.753. The van der Waals surface area contributed by atoms with Crippen LogP contribution in [0.3, 0.4) is 0 Å². The van der Waals surface area contributed by atoms with E-state index < -0.39 is 18.2 Å². The van der Waals surface area contributed by atoms with Crippen molar-refractivity contribution >= 4 is 23.8 Å². The highest BCUT2D eigenvalue weighted by molar-refractivity contribution is 5.93. The van der Waals surface area contributed by atoms with E-state index in [4.69, 9.17) is 4.74 Å². The molecule has 1 saturated heterocycles. The van der Waals surface area contributed by atoms with E-state index in [1.165, 1.54) is 0 Å². The van der Waals surface area contributed by atoms with Crippen LogP contribution in [0.25, 0.3) is 6.08 Å². The predicted molar refractivity (Wildman–Crippen MR) is 118 cm³/mol. The third-order valence-corrected chi connectivity index (χ3v) is 5.85. The van der Waals surface area contributed by atoms with Crippen molar-refractivity contribution in [1.29, 1.82) is 0 Å². The summed E-state index contributed by atoms with van der Waals surface area (Å²) in [5, 5.41) is 5.68. The molecule has 0 radical (unpaired) electrons. The number of likely N-dealkylation sites (tertiary alicyclic amines) is 1. The summed E-state index contributed by atoms with van der Waals surface area (Å²) in [6.07, 6.45) is 4.14. The van der Waals surface area contributed by atoms with Gasteiger partial charge in [0.1, 0.15) is 23.9 Å². The van der Waals surface area contributed by atoms with Gasteiger partial charge in [-0.2, -0.15) is 0 Å². The van der Waals surface area contributed by atoms with Gasteiger partial charge < -0.3 is 25.2 Å². The Bertz CT molecular complexity index is 836. The molecule has 4 atom stereocenters. The summed E-state index contributed by atoms with van der Waals surface area (Å²) in [4.78, 5) is 42.4. The summed E-state index contributed by atoms with van der Waals surface area (Å²) in [6, 6.07) is 5.91. The van der Waals surface area contributed by atoms with Crippen LogP contribution in [0.4, 0.5) is 0 Å². The van der Waals surface area contributed by atoms with Gasteiger partial charge in [-0.15, -0.1) is 0 Å². The molecule has 1 aromatic rings. The van der Waals surface area contributed by atoms with Gasteiger partial charge in [-0.1, -0.05) is 32.4 Å². The van der Waals surface area contributed by atoms with Crippen molar-refractivity contribution in [2.45, 2.75) is 44.9 Å². The van der Waals surface area contributed by atoms with Crippen molar-refractivity contribution in [3.63, 3.8) is 0 Å². The molecule has 2 N–H and O–H groups in total. The van der Waals surface area contributed by atoms with Crippen molar-refractivity contribution < 1.29 is 19.1 Å². The number of nitrogens with zero attached hydrogens (tertiary/aromatic N) is 2. The molecule has 31 heavy (non-hydrogen) atoms. The maximum atomic E-state index is 13.4. The Morgan fingerprint density at radius 1 is 1.23 bits per heavy atom. The van der Waals surface area contributed by atoms with Crippen molar-refractivity contribution in [2.75, 3.05) is 27.2 Å². The standard InChI is InChI=1S/C23H32N4O4/c1-5-15(2)20-22(29)24-12-10-16-6-8-17(9-7-16)31-18-11-13-27(19(28)14-26(3)4)21(18)23(30)25-20/h6-10,12,15,18,20-21H,5,11,13-14H2,1-4H3,(H,24,29)(H,25,30)/b12-10+/t15?,18-,20-,21-/m0/s1. The topological polar surface area (TPSA) is 91.0 Å². The molecule has 3 amide bonds. The second kappa shape index (κ2) is 9.96. The van der Waals surface area contributed by atoms with Crippen LogP contribution in [-0.4, -0.2) is 72.9 Å². The van der Waals surface area contributed by atoms with Gasteiger partial charge in [0, 0.05) is 19.2 Å². The van der Waals surface area contributed by atoms with Gasteiger partial charge in [0.25, 0.3) is 0 Å². The summed E-state index contributed by atoms with van der Waals surface area (Å²) in [7, 11) is 3.63. The van der Waals surface area contributed by atoms with Crippen molar-refractivity contribution in [3.8, 4) is 5.75 Å². The third kappa shape index (κ3) is 5.44. The second-order valence-corrected chi connectivity index (χ2v) is 8.50. The van der Waals surface area contributed by atoms with E-state index in [0.717, 1.165) is 12.0 Å². The second-order valence-electron chi connectivity index (χ2n) is 8.50. The van der Waals surface area contributed by atoms with Crippen molar-refractivity contribution in [2.24, 2.45) is 5.92 Å². The minimum absolute atomic E-state index is 0.0739. The van der Waals surface area contributed by atoms with E-state index >= 15 is 0 Å².